The summed E-state index contributed by atoms with van der Waals surface area (Å²) in [4.78, 5) is 0. The average Bonchev–Trinajstić information content (AvgIpc) is 2.31. The number of hydrogen-bond donors (Lipinski definition) is 1. The lowest BCUT2D eigenvalue weighted by Crippen LogP contribution is -2.27. The summed E-state index contributed by atoms with van der Waals surface area (Å²) in [7, 11) is 0. The van der Waals surface area contributed by atoms with E-state index >= 15 is 0 Å². The number of rotatable bonds is 6. The van der Waals surface area contributed by atoms with E-state index in [4.69, 9.17) is 0 Å². The molecule has 0 aliphatic rings. The van der Waals surface area contributed by atoms with Gasteiger partial charge in [-0.2, -0.15) is 0 Å². The standard InChI is InChI=1S/C14H20BrF2N/c1-4-6-9(3)14(18-5-2)10-7-13(17)11(15)8-12(10)16/h7-9,14,18H,4-6H2,1-3H3. The molecule has 0 aromatic heterocycles. The van der Waals surface area contributed by atoms with Gasteiger partial charge in [0.25, 0.3) is 0 Å². The summed E-state index contributed by atoms with van der Waals surface area (Å²) in [6, 6.07) is 2.35. The van der Waals surface area contributed by atoms with Crippen molar-refractivity contribution < 1.29 is 8.78 Å². The zero-order valence-corrected chi connectivity index (χ0v) is 12.7. The van der Waals surface area contributed by atoms with Gasteiger partial charge in [0, 0.05) is 11.6 Å². The third kappa shape index (κ3) is 3.75. The minimum Gasteiger partial charge on any atom is -0.310 e. The van der Waals surface area contributed by atoms with Crippen molar-refractivity contribution in [2.45, 2.75) is 39.7 Å². The number of halogens is 3. The van der Waals surface area contributed by atoms with Crippen molar-refractivity contribution in [1.29, 1.82) is 0 Å². The van der Waals surface area contributed by atoms with E-state index in [-0.39, 0.29) is 22.2 Å². The second kappa shape index (κ2) is 7.19. The third-order valence-electron chi connectivity index (χ3n) is 3.11. The summed E-state index contributed by atoms with van der Waals surface area (Å²) in [6.45, 7) is 6.86. The molecule has 0 bridgehead atoms. The first-order chi connectivity index (χ1) is 8.51. The summed E-state index contributed by atoms with van der Waals surface area (Å²) in [5, 5.41) is 3.25. The summed E-state index contributed by atoms with van der Waals surface area (Å²) < 4.78 is 27.7. The van der Waals surface area contributed by atoms with Crippen LogP contribution in [0.3, 0.4) is 0 Å². The Morgan fingerprint density at radius 1 is 1.22 bits per heavy atom. The molecule has 0 spiro atoms. The minimum atomic E-state index is -0.419. The molecule has 1 rings (SSSR count). The summed E-state index contributed by atoms with van der Waals surface area (Å²) in [6.07, 6.45) is 2.01. The molecule has 1 N–H and O–H groups in total. The molecule has 102 valence electrons. The highest BCUT2D eigenvalue weighted by molar-refractivity contribution is 9.10. The number of nitrogens with one attached hydrogen (secondary N) is 1. The van der Waals surface area contributed by atoms with Crippen molar-refractivity contribution in [2.75, 3.05) is 6.54 Å². The van der Waals surface area contributed by atoms with E-state index in [0.29, 0.717) is 5.56 Å². The van der Waals surface area contributed by atoms with Gasteiger partial charge in [0.2, 0.25) is 0 Å². The van der Waals surface area contributed by atoms with Crippen LogP contribution in [0.5, 0.6) is 0 Å². The molecule has 0 saturated heterocycles. The molecule has 0 fully saturated rings. The fraction of sp³-hybridized carbons (Fsp3) is 0.571. The molecular weight excluding hydrogens is 300 g/mol. The lowest BCUT2D eigenvalue weighted by Gasteiger charge is -2.25. The van der Waals surface area contributed by atoms with E-state index in [1.165, 1.54) is 12.1 Å². The van der Waals surface area contributed by atoms with E-state index in [1.54, 1.807) is 0 Å². The fourth-order valence-electron chi connectivity index (χ4n) is 2.24. The highest BCUT2D eigenvalue weighted by Gasteiger charge is 2.22. The largest absolute Gasteiger partial charge is 0.310 e. The molecule has 0 heterocycles. The summed E-state index contributed by atoms with van der Waals surface area (Å²) >= 11 is 3.00. The zero-order chi connectivity index (χ0) is 13.7. The van der Waals surface area contributed by atoms with Crippen LogP contribution in [-0.2, 0) is 0 Å². The van der Waals surface area contributed by atoms with Crippen LogP contribution in [0.25, 0.3) is 0 Å². The Labute approximate surface area is 116 Å². The molecule has 0 saturated carbocycles. The monoisotopic (exact) mass is 319 g/mol. The van der Waals surface area contributed by atoms with Gasteiger partial charge in [-0.05, 0) is 46.9 Å². The Morgan fingerprint density at radius 3 is 2.44 bits per heavy atom. The van der Waals surface area contributed by atoms with Crippen molar-refractivity contribution in [3.8, 4) is 0 Å². The van der Waals surface area contributed by atoms with Gasteiger partial charge in [0.05, 0.1) is 4.47 Å². The molecule has 2 unspecified atom stereocenters. The maximum Gasteiger partial charge on any atom is 0.137 e. The Bertz CT molecular complexity index is 396. The highest BCUT2D eigenvalue weighted by Crippen LogP contribution is 2.30. The average molecular weight is 320 g/mol. The van der Waals surface area contributed by atoms with Crippen molar-refractivity contribution in [3.05, 3.63) is 33.8 Å². The molecule has 0 aliphatic heterocycles. The van der Waals surface area contributed by atoms with Gasteiger partial charge < -0.3 is 5.32 Å². The molecule has 0 radical (unpaired) electrons. The summed E-state index contributed by atoms with van der Waals surface area (Å²) in [5.74, 6) is -0.514. The van der Waals surface area contributed by atoms with E-state index in [9.17, 15) is 8.78 Å². The van der Waals surface area contributed by atoms with Gasteiger partial charge in [-0.25, -0.2) is 8.78 Å². The molecule has 2 atom stereocenters. The van der Waals surface area contributed by atoms with Crippen LogP contribution in [0.1, 0.15) is 45.2 Å². The van der Waals surface area contributed by atoms with Crippen molar-refractivity contribution in [3.63, 3.8) is 0 Å². The molecule has 1 aromatic rings. The van der Waals surface area contributed by atoms with Crippen molar-refractivity contribution in [1.82, 2.24) is 5.32 Å². The van der Waals surface area contributed by atoms with Gasteiger partial charge >= 0.3 is 0 Å². The normalized spacial score (nSPS) is 14.6. The molecule has 4 heteroatoms. The number of hydrogen-bond acceptors (Lipinski definition) is 1. The fourth-order valence-corrected chi connectivity index (χ4v) is 2.55. The van der Waals surface area contributed by atoms with Crippen LogP contribution >= 0.6 is 15.9 Å². The Kier molecular flexibility index (Phi) is 6.22. The van der Waals surface area contributed by atoms with E-state index in [2.05, 4.69) is 35.1 Å². The van der Waals surface area contributed by atoms with Crippen LogP contribution < -0.4 is 5.32 Å². The van der Waals surface area contributed by atoms with Gasteiger partial charge in [-0.15, -0.1) is 0 Å². The predicted molar refractivity (Wildman–Crippen MR) is 74.5 cm³/mol. The quantitative estimate of drug-likeness (QED) is 0.742. The third-order valence-corrected chi connectivity index (χ3v) is 3.72. The lowest BCUT2D eigenvalue weighted by atomic mass is 9.90. The maximum absolute atomic E-state index is 14.0. The second-order valence-corrected chi connectivity index (χ2v) is 5.44. The molecule has 0 amide bonds. The molecule has 1 aromatic carbocycles. The SMILES string of the molecule is CCCC(C)C(NCC)c1cc(F)c(Br)cc1F. The van der Waals surface area contributed by atoms with Crippen LogP contribution in [0.15, 0.2) is 16.6 Å². The Hall–Kier alpha value is -0.480. The first-order valence-electron chi connectivity index (χ1n) is 6.39. The van der Waals surface area contributed by atoms with Gasteiger partial charge in [0.1, 0.15) is 11.6 Å². The van der Waals surface area contributed by atoms with Crippen molar-refractivity contribution in [2.24, 2.45) is 5.92 Å². The van der Waals surface area contributed by atoms with Crippen LogP contribution in [-0.4, -0.2) is 6.54 Å². The number of benzene rings is 1. The molecular formula is C14H20BrF2N. The zero-order valence-electron chi connectivity index (χ0n) is 11.1. The second-order valence-electron chi connectivity index (χ2n) is 4.59. The molecule has 18 heavy (non-hydrogen) atoms. The first-order valence-corrected chi connectivity index (χ1v) is 7.18. The topological polar surface area (TPSA) is 12.0 Å². The summed E-state index contributed by atoms with van der Waals surface area (Å²) in [5.41, 5.74) is 0.415. The van der Waals surface area contributed by atoms with E-state index in [1.807, 2.05) is 6.92 Å². The lowest BCUT2D eigenvalue weighted by molar-refractivity contribution is 0.357. The van der Waals surface area contributed by atoms with Gasteiger partial charge in [0.15, 0.2) is 0 Å². The maximum atomic E-state index is 14.0. The van der Waals surface area contributed by atoms with Crippen molar-refractivity contribution >= 4 is 15.9 Å². The Balaban J connectivity index is 3.08. The molecule has 1 nitrogen and oxygen atoms in total. The smallest absolute Gasteiger partial charge is 0.137 e. The molecule has 0 aliphatic carbocycles. The van der Waals surface area contributed by atoms with E-state index in [0.717, 1.165) is 19.4 Å². The first kappa shape index (κ1) is 15.6. The predicted octanol–water partition coefficient (Wildman–Crippen LogP) is 4.81. The van der Waals surface area contributed by atoms with Crippen LogP contribution in [0.2, 0.25) is 0 Å². The van der Waals surface area contributed by atoms with E-state index < -0.39 is 5.82 Å². The van der Waals surface area contributed by atoms with Gasteiger partial charge in [-0.1, -0.05) is 27.2 Å². The Morgan fingerprint density at radius 2 is 1.89 bits per heavy atom. The minimum absolute atomic E-state index is 0.141. The van der Waals surface area contributed by atoms with Gasteiger partial charge in [-0.3, -0.25) is 0 Å². The van der Waals surface area contributed by atoms with Crippen LogP contribution in [0.4, 0.5) is 8.78 Å². The van der Waals surface area contributed by atoms with Crippen LogP contribution in [0, 0.1) is 17.6 Å². The highest BCUT2D eigenvalue weighted by atomic mass is 79.9.